The summed E-state index contributed by atoms with van der Waals surface area (Å²) in [5.74, 6) is -0.707. The molecule has 0 saturated heterocycles. The van der Waals surface area contributed by atoms with Gasteiger partial charge in [-0.2, -0.15) is 5.10 Å². The molecule has 0 radical (unpaired) electrons. The summed E-state index contributed by atoms with van der Waals surface area (Å²) in [4.78, 5) is 22.4. The lowest BCUT2D eigenvalue weighted by Crippen LogP contribution is -2.16. The van der Waals surface area contributed by atoms with Gasteiger partial charge < -0.3 is 4.42 Å². The van der Waals surface area contributed by atoms with Crippen molar-refractivity contribution in [1.29, 1.82) is 0 Å². The monoisotopic (exact) mass is 363 g/mol. The fraction of sp³-hybridized carbons (Fsp3) is 0.0667. The standard InChI is InChI=1S/C15H10ClN3O4S/c1-8-2-4-10-11(6-8)24-14(13(10)16)15(20)18-17-7-9-3-5-12(23-9)19(21)22/h2-7H,1H3,(H,18,20). The summed E-state index contributed by atoms with van der Waals surface area (Å²) in [7, 11) is 0. The molecule has 122 valence electrons. The van der Waals surface area contributed by atoms with Crippen molar-refractivity contribution in [2.45, 2.75) is 6.92 Å². The number of halogens is 1. The molecule has 0 atom stereocenters. The zero-order valence-electron chi connectivity index (χ0n) is 12.3. The van der Waals surface area contributed by atoms with Crippen LogP contribution in [0.5, 0.6) is 0 Å². The molecule has 0 aliphatic heterocycles. The maximum atomic E-state index is 12.2. The first-order valence-electron chi connectivity index (χ1n) is 6.72. The molecule has 0 spiro atoms. The van der Waals surface area contributed by atoms with E-state index in [1.54, 1.807) is 0 Å². The summed E-state index contributed by atoms with van der Waals surface area (Å²) in [6, 6.07) is 8.32. The highest BCUT2D eigenvalue weighted by atomic mass is 35.5. The summed E-state index contributed by atoms with van der Waals surface area (Å²) in [6.45, 7) is 1.96. The predicted molar refractivity (Wildman–Crippen MR) is 92.0 cm³/mol. The average molecular weight is 364 g/mol. The molecule has 0 saturated carbocycles. The van der Waals surface area contributed by atoms with E-state index in [0.717, 1.165) is 15.6 Å². The smallest absolute Gasteiger partial charge is 0.400 e. The number of aryl methyl sites for hydroxylation is 1. The molecule has 3 rings (SSSR count). The Bertz CT molecular complexity index is 976. The van der Waals surface area contributed by atoms with Crippen molar-refractivity contribution >= 4 is 51.0 Å². The molecule has 1 amide bonds. The number of furan rings is 1. The van der Waals surface area contributed by atoms with E-state index in [-0.39, 0.29) is 5.76 Å². The van der Waals surface area contributed by atoms with Crippen molar-refractivity contribution in [3.05, 3.63) is 61.7 Å². The molecule has 2 aromatic heterocycles. The van der Waals surface area contributed by atoms with Gasteiger partial charge in [-0.05, 0) is 24.6 Å². The first-order valence-corrected chi connectivity index (χ1v) is 7.91. The second kappa shape index (κ2) is 6.42. The van der Waals surface area contributed by atoms with E-state index in [1.165, 1.54) is 29.7 Å². The van der Waals surface area contributed by atoms with Gasteiger partial charge in [0.25, 0.3) is 5.91 Å². The minimum absolute atomic E-state index is 0.153. The molecule has 1 N–H and O–H groups in total. The van der Waals surface area contributed by atoms with Crippen molar-refractivity contribution in [2.24, 2.45) is 5.10 Å². The maximum Gasteiger partial charge on any atom is 0.433 e. The Hall–Kier alpha value is -2.71. The van der Waals surface area contributed by atoms with E-state index in [0.29, 0.717) is 9.90 Å². The highest BCUT2D eigenvalue weighted by Gasteiger charge is 2.17. The summed E-state index contributed by atoms with van der Waals surface area (Å²) in [5.41, 5.74) is 3.40. The van der Waals surface area contributed by atoms with Gasteiger partial charge in [-0.3, -0.25) is 14.9 Å². The Balaban J connectivity index is 1.76. The van der Waals surface area contributed by atoms with E-state index in [1.807, 2.05) is 25.1 Å². The number of rotatable bonds is 4. The molecular weight excluding hydrogens is 354 g/mol. The number of nitrogens with zero attached hydrogens (tertiary/aromatic N) is 2. The molecule has 0 unspecified atom stereocenters. The Morgan fingerprint density at radius 2 is 2.21 bits per heavy atom. The maximum absolute atomic E-state index is 12.2. The van der Waals surface area contributed by atoms with Crippen LogP contribution in [0, 0.1) is 17.0 Å². The van der Waals surface area contributed by atoms with Crippen LogP contribution >= 0.6 is 22.9 Å². The number of nitrogens with one attached hydrogen (secondary N) is 1. The normalized spacial score (nSPS) is 11.2. The quantitative estimate of drug-likeness (QED) is 0.428. The van der Waals surface area contributed by atoms with Gasteiger partial charge in [-0.25, -0.2) is 5.43 Å². The summed E-state index contributed by atoms with van der Waals surface area (Å²) in [5, 5.41) is 15.4. The highest BCUT2D eigenvalue weighted by Crippen LogP contribution is 2.35. The van der Waals surface area contributed by atoms with Gasteiger partial charge in [-0.15, -0.1) is 11.3 Å². The van der Waals surface area contributed by atoms with Crippen LogP contribution < -0.4 is 5.43 Å². The zero-order chi connectivity index (χ0) is 17.3. The molecule has 2 heterocycles. The van der Waals surface area contributed by atoms with Crippen LogP contribution in [0.15, 0.2) is 39.9 Å². The number of amides is 1. The van der Waals surface area contributed by atoms with E-state index in [9.17, 15) is 14.9 Å². The third-order valence-electron chi connectivity index (χ3n) is 3.14. The van der Waals surface area contributed by atoms with E-state index in [2.05, 4.69) is 10.5 Å². The van der Waals surface area contributed by atoms with Gasteiger partial charge in [0.15, 0.2) is 5.76 Å². The van der Waals surface area contributed by atoms with Crippen LogP contribution in [0.3, 0.4) is 0 Å². The Morgan fingerprint density at radius 3 is 2.92 bits per heavy atom. The second-order valence-corrected chi connectivity index (χ2v) is 6.31. The van der Waals surface area contributed by atoms with Crippen LogP contribution in [-0.2, 0) is 0 Å². The first kappa shape index (κ1) is 16.2. The number of carbonyl (C=O) groups excluding carboxylic acids is 1. The van der Waals surface area contributed by atoms with Crippen molar-refractivity contribution in [3.8, 4) is 0 Å². The van der Waals surface area contributed by atoms with Crippen molar-refractivity contribution in [1.82, 2.24) is 5.43 Å². The van der Waals surface area contributed by atoms with Crippen LogP contribution in [0.25, 0.3) is 10.1 Å². The molecule has 3 aromatic rings. The van der Waals surface area contributed by atoms with Crippen molar-refractivity contribution < 1.29 is 14.1 Å². The van der Waals surface area contributed by atoms with Gasteiger partial charge in [0, 0.05) is 10.1 Å². The lowest BCUT2D eigenvalue weighted by atomic mass is 10.2. The third kappa shape index (κ3) is 3.15. The number of hydrogen-bond donors (Lipinski definition) is 1. The predicted octanol–water partition coefficient (Wildman–Crippen LogP) is 4.13. The van der Waals surface area contributed by atoms with E-state index >= 15 is 0 Å². The summed E-state index contributed by atoms with van der Waals surface area (Å²) in [6.07, 6.45) is 1.18. The number of hydrogen-bond acceptors (Lipinski definition) is 6. The number of carbonyl (C=O) groups is 1. The van der Waals surface area contributed by atoms with Crippen molar-refractivity contribution in [2.75, 3.05) is 0 Å². The lowest BCUT2D eigenvalue weighted by molar-refractivity contribution is -0.402. The fourth-order valence-corrected chi connectivity index (χ4v) is 3.54. The summed E-state index contributed by atoms with van der Waals surface area (Å²) >= 11 is 7.51. The van der Waals surface area contributed by atoms with Crippen molar-refractivity contribution in [3.63, 3.8) is 0 Å². The Labute approximate surface area is 144 Å². The van der Waals surface area contributed by atoms with E-state index < -0.39 is 16.7 Å². The zero-order valence-corrected chi connectivity index (χ0v) is 13.9. The number of nitro groups is 1. The fourth-order valence-electron chi connectivity index (χ4n) is 2.03. The van der Waals surface area contributed by atoms with E-state index in [4.69, 9.17) is 16.0 Å². The SMILES string of the molecule is Cc1ccc2c(Cl)c(C(=O)NN=Cc3ccc([N+](=O)[O-])o3)sc2c1. The summed E-state index contributed by atoms with van der Waals surface area (Å²) < 4.78 is 5.81. The highest BCUT2D eigenvalue weighted by molar-refractivity contribution is 7.21. The molecule has 1 aromatic carbocycles. The number of thiophene rings is 1. The topological polar surface area (TPSA) is 97.7 Å². The van der Waals surface area contributed by atoms with Gasteiger partial charge in [0.1, 0.15) is 9.80 Å². The van der Waals surface area contributed by atoms with Gasteiger partial charge >= 0.3 is 5.88 Å². The molecule has 9 heteroatoms. The Kier molecular flexibility index (Phi) is 4.32. The third-order valence-corrected chi connectivity index (χ3v) is 4.80. The molecule has 7 nitrogen and oxygen atoms in total. The molecule has 24 heavy (non-hydrogen) atoms. The molecule has 0 aliphatic carbocycles. The largest absolute Gasteiger partial charge is 0.433 e. The number of hydrazone groups is 1. The Morgan fingerprint density at radius 1 is 1.42 bits per heavy atom. The minimum Gasteiger partial charge on any atom is -0.400 e. The lowest BCUT2D eigenvalue weighted by Gasteiger charge is -1.96. The van der Waals surface area contributed by atoms with Gasteiger partial charge in [-0.1, -0.05) is 23.7 Å². The average Bonchev–Trinajstić information content (AvgIpc) is 3.12. The molecule has 0 bridgehead atoms. The molecule has 0 fully saturated rings. The minimum atomic E-state index is -0.658. The van der Waals surface area contributed by atoms with Gasteiger partial charge in [0.05, 0.1) is 17.3 Å². The number of benzene rings is 1. The number of fused-ring (bicyclic) bond motifs is 1. The first-order chi connectivity index (χ1) is 11.5. The van der Waals surface area contributed by atoms with Crippen LogP contribution in [0.4, 0.5) is 5.88 Å². The molecule has 0 aliphatic rings. The van der Waals surface area contributed by atoms with Crippen LogP contribution in [0.2, 0.25) is 5.02 Å². The van der Waals surface area contributed by atoms with Crippen LogP contribution in [0.1, 0.15) is 21.0 Å². The van der Waals surface area contributed by atoms with Gasteiger partial charge in [0.2, 0.25) is 0 Å². The second-order valence-electron chi connectivity index (χ2n) is 4.88. The molecular formula is C15H10ClN3O4S. The van der Waals surface area contributed by atoms with Crippen LogP contribution in [-0.4, -0.2) is 17.0 Å².